The van der Waals surface area contributed by atoms with Gasteiger partial charge >= 0.3 is 0 Å². The minimum Gasteiger partial charge on any atom is -0.494 e. The van der Waals surface area contributed by atoms with Crippen molar-refractivity contribution < 1.29 is 9.47 Å². The molecule has 0 radical (unpaired) electrons. The Labute approximate surface area is 164 Å². The maximum absolute atomic E-state index is 5.79. The monoisotopic (exact) mass is 391 g/mol. The predicted molar refractivity (Wildman–Crippen MR) is 110 cm³/mol. The molecule has 1 aromatic heterocycles. The second-order valence-electron chi connectivity index (χ2n) is 6.19. The van der Waals surface area contributed by atoms with Crippen molar-refractivity contribution in [3.63, 3.8) is 0 Å². The number of unbranched alkanes of at least 4 members (excludes halogenated alkanes) is 2. The fraction of sp³-hybridized carbons (Fsp3) is 0.381. The number of hydrogen-bond donors (Lipinski definition) is 0. The summed E-state index contributed by atoms with van der Waals surface area (Å²) in [6.07, 6.45) is 3.84. The summed E-state index contributed by atoms with van der Waals surface area (Å²) in [5.74, 6) is 3.02. The molecule has 2 aromatic carbocycles. The van der Waals surface area contributed by atoms with Crippen molar-refractivity contribution in [2.75, 3.05) is 25.0 Å². The predicted octanol–water partition coefficient (Wildman–Crippen LogP) is 6.18. The Hall–Kier alpha value is -1.71. The van der Waals surface area contributed by atoms with Gasteiger partial charge in [0, 0.05) is 34.7 Å². The summed E-state index contributed by atoms with van der Waals surface area (Å²) in [6, 6.07) is 14.2. The van der Waals surface area contributed by atoms with Crippen LogP contribution < -0.4 is 9.47 Å². The van der Waals surface area contributed by atoms with E-state index in [0.717, 1.165) is 59.0 Å². The Bertz CT molecular complexity index is 787. The molecule has 3 rings (SSSR count). The van der Waals surface area contributed by atoms with Crippen molar-refractivity contribution in [1.82, 2.24) is 4.98 Å². The standard InChI is InChI=1S/C21H23Cl2NO2/c22-9-1-3-11-25-18-7-5-16-13-17-6-8-19(26-12-4-2-10-23)15-21(17)24-20(16)14-18/h5-8,13-15H,1-4,9-12H2. The van der Waals surface area contributed by atoms with Crippen molar-refractivity contribution in [3.05, 3.63) is 42.5 Å². The second-order valence-corrected chi connectivity index (χ2v) is 6.94. The van der Waals surface area contributed by atoms with E-state index in [1.54, 1.807) is 0 Å². The van der Waals surface area contributed by atoms with Crippen molar-refractivity contribution in [3.8, 4) is 11.5 Å². The minimum atomic E-state index is 0.672. The maximum Gasteiger partial charge on any atom is 0.121 e. The number of pyridine rings is 1. The maximum atomic E-state index is 5.79. The second kappa shape index (κ2) is 9.84. The Morgan fingerprint density at radius 2 is 1.15 bits per heavy atom. The number of rotatable bonds is 10. The van der Waals surface area contributed by atoms with Gasteiger partial charge in [-0.1, -0.05) is 0 Å². The molecular weight excluding hydrogens is 369 g/mol. The number of fused-ring (bicyclic) bond motifs is 2. The molecule has 26 heavy (non-hydrogen) atoms. The SMILES string of the molecule is ClCCCCOc1ccc2cc3ccc(OCCCCCl)cc3nc2c1. The van der Waals surface area contributed by atoms with Crippen molar-refractivity contribution in [2.24, 2.45) is 0 Å². The van der Waals surface area contributed by atoms with Crippen LogP contribution in [0.25, 0.3) is 21.8 Å². The average Bonchev–Trinajstić information content (AvgIpc) is 2.67. The molecule has 0 spiro atoms. The van der Waals surface area contributed by atoms with Crippen molar-refractivity contribution in [1.29, 1.82) is 0 Å². The zero-order chi connectivity index (χ0) is 18.2. The van der Waals surface area contributed by atoms with Crippen molar-refractivity contribution >= 4 is 45.0 Å². The first kappa shape index (κ1) is 19.1. The van der Waals surface area contributed by atoms with Gasteiger partial charge in [0.2, 0.25) is 0 Å². The van der Waals surface area contributed by atoms with Gasteiger partial charge in [-0.05, 0) is 56.0 Å². The lowest BCUT2D eigenvalue weighted by Crippen LogP contribution is -1.98. The van der Waals surface area contributed by atoms with Crippen LogP contribution in [0.15, 0.2) is 42.5 Å². The molecule has 0 fully saturated rings. The lowest BCUT2D eigenvalue weighted by atomic mass is 10.1. The molecule has 5 heteroatoms. The van der Waals surface area contributed by atoms with Crippen LogP contribution in [0.4, 0.5) is 0 Å². The number of nitrogens with zero attached hydrogens (tertiary/aromatic N) is 1. The summed E-state index contributed by atoms with van der Waals surface area (Å²) in [4.78, 5) is 4.79. The first-order valence-corrected chi connectivity index (χ1v) is 10.1. The highest BCUT2D eigenvalue weighted by molar-refractivity contribution is 6.18. The van der Waals surface area contributed by atoms with Crippen LogP contribution in [0, 0.1) is 0 Å². The molecule has 0 aliphatic heterocycles. The molecule has 0 atom stereocenters. The lowest BCUT2D eigenvalue weighted by molar-refractivity contribution is 0.310. The van der Waals surface area contributed by atoms with Gasteiger partial charge in [-0.2, -0.15) is 0 Å². The number of alkyl halides is 2. The van der Waals surface area contributed by atoms with Gasteiger partial charge in [0.05, 0.1) is 24.2 Å². The van der Waals surface area contributed by atoms with E-state index in [4.69, 9.17) is 37.7 Å². The number of hydrogen-bond acceptors (Lipinski definition) is 3. The molecular formula is C21H23Cl2NO2. The Balaban J connectivity index is 1.76. The minimum absolute atomic E-state index is 0.672. The van der Waals surface area contributed by atoms with Gasteiger partial charge in [-0.3, -0.25) is 0 Å². The van der Waals surface area contributed by atoms with E-state index < -0.39 is 0 Å². The molecule has 0 amide bonds. The van der Waals surface area contributed by atoms with Crippen LogP contribution in [0.2, 0.25) is 0 Å². The lowest BCUT2D eigenvalue weighted by Gasteiger charge is -2.09. The molecule has 0 N–H and O–H groups in total. The normalized spacial score (nSPS) is 11.2. The summed E-state index contributed by atoms with van der Waals surface area (Å²) in [5.41, 5.74) is 1.85. The molecule has 0 saturated heterocycles. The van der Waals surface area contributed by atoms with Gasteiger partial charge in [0.15, 0.2) is 0 Å². The fourth-order valence-electron chi connectivity index (χ4n) is 2.73. The highest BCUT2D eigenvalue weighted by atomic mass is 35.5. The summed E-state index contributed by atoms with van der Waals surface area (Å²) in [5, 5.41) is 2.20. The zero-order valence-electron chi connectivity index (χ0n) is 14.7. The van der Waals surface area contributed by atoms with Crippen LogP contribution in [0.1, 0.15) is 25.7 Å². The van der Waals surface area contributed by atoms with Gasteiger partial charge < -0.3 is 9.47 Å². The fourth-order valence-corrected chi connectivity index (χ4v) is 3.11. The summed E-state index contributed by atoms with van der Waals surface area (Å²) in [7, 11) is 0. The molecule has 0 aliphatic rings. The first-order chi connectivity index (χ1) is 12.8. The van der Waals surface area contributed by atoms with Crippen LogP contribution >= 0.6 is 23.2 Å². The van der Waals surface area contributed by atoms with Crippen LogP contribution in [0.3, 0.4) is 0 Å². The highest BCUT2D eigenvalue weighted by Crippen LogP contribution is 2.26. The smallest absolute Gasteiger partial charge is 0.121 e. The zero-order valence-corrected chi connectivity index (χ0v) is 16.2. The van der Waals surface area contributed by atoms with Gasteiger partial charge in [0.1, 0.15) is 11.5 Å². The topological polar surface area (TPSA) is 31.4 Å². The number of aromatic nitrogens is 1. The third kappa shape index (κ3) is 5.15. The third-order valence-corrected chi connectivity index (χ3v) is 4.68. The summed E-state index contributed by atoms with van der Waals surface area (Å²) < 4.78 is 11.6. The molecule has 0 bridgehead atoms. The summed E-state index contributed by atoms with van der Waals surface area (Å²) in [6.45, 7) is 1.35. The van der Waals surface area contributed by atoms with E-state index in [2.05, 4.69) is 18.2 Å². The molecule has 3 nitrogen and oxygen atoms in total. The molecule has 1 heterocycles. The quantitative estimate of drug-likeness (QED) is 0.234. The van der Waals surface area contributed by atoms with Gasteiger partial charge in [-0.15, -0.1) is 23.2 Å². The number of halogens is 2. The van der Waals surface area contributed by atoms with Gasteiger partial charge in [0.25, 0.3) is 0 Å². The van der Waals surface area contributed by atoms with E-state index in [-0.39, 0.29) is 0 Å². The van der Waals surface area contributed by atoms with Gasteiger partial charge in [-0.25, -0.2) is 4.98 Å². The summed E-state index contributed by atoms with van der Waals surface area (Å²) >= 11 is 11.4. The first-order valence-electron chi connectivity index (χ1n) is 9.02. The number of ether oxygens (including phenoxy) is 2. The molecule has 0 saturated carbocycles. The van der Waals surface area contributed by atoms with Crippen molar-refractivity contribution in [2.45, 2.75) is 25.7 Å². The van der Waals surface area contributed by atoms with E-state index in [0.29, 0.717) is 25.0 Å². The van der Waals surface area contributed by atoms with Crippen LogP contribution in [-0.4, -0.2) is 30.0 Å². The van der Waals surface area contributed by atoms with Crippen LogP contribution in [-0.2, 0) is 0 Å². The van der Waals surface area contributed by atoms with E-state index in [1.165, 1.54) is 0 Å². The van der Waals surface area contributed by atoms with E-state index in [1.807, 2.05) is 24.3 Å². The molecule has 0 unspecified atom stereocenters. The highest BCUT2D eigenvalue weighted by Gasteiger charge is 2.04. The largest absolute Gasteiger partial charge is 0.494 e. The van der Waals surface area contributed by atoms with E-state index in [9.17, 15) is 0 Å². The average molecular weight is 392 g/mol. The molecule has 0 aliphatic carbocycles. The van der Waals surface area contributed by atoms with E-state index >= 15 is 0 Å². The molecule has 138 valence electrons. The Morgan fingerprint density at radius 3 is 1.62 bits per heavy atom. The Morgan fingerprint density at radius 1 is 0.654 bits per heavy atom. The molecule has 3 aromatic rings. The Kier molecular flexibility index (Phi) is 7.22. The third-order valence-electron chi connectivity index (χ3n) is 4.15. The number of benzene rings is 2. The van der Waals surface area contributed by atoms with Crippen LogP contribution in [0.5, 0.6) is 11.5 Å².